The van der Waals surface area contributed by atoms with Gasteiger partial charge in [-0.25, -0.2) is 15.0 Å². The molecule has 0 aliphatic carbocycles. The second-order valence-corrected chi connectivity index (χ2v) is 5.88. The molecule has 4 rings (SSSR count). The minimum absolute atomic E-state index is 0.619. The van der Waals surface area contributed by atoms with Crippen LogP contribution in [-0.2, 0) is 19.5 Å². The Kier molecular flexibility index (Phi) is 3.42. The highest BCUT2D eigenvalue weighted by atomic mass is 35.5. The van der Waals surface area contributed by atoms with Gasteiger partial charge in [-0.3, -0.25) is 0 Å². The average Bonchev–Trinajstić information content (AvgIpc) is 2.93. The summed E-state index contributed by atoms with van der Waals surface area (Å²) in [5, 5.41) is 4.10. The van der Waals surface area contributed by atoms with E-state index in [0.29, 0.717) is 6.54 Å². The monoisotopic (exact) mass is 313 g/mol. The van der Waals surface area contributed by atoms with Crippen molar-refractivity contribution in [1.29, 1.82) is 0 Å². The number of rotatable bonds is 3. The predicted molar refractivity (Wildman–Crippen MR) is 87.0 cm³/mol. The van der Waals surface area contributed by atoms with Crippen LogP contribution in [0.5, 0.6) is 0 Å². The first-order valence-electron chi connectivity index (χ1n) is 7.50. The fourth-order valence-corrected chi connectivity index (χ4v) is 3.11. The summed E-state index contributed by atoms with van der Waals surface area (Å²) in [5.74, 6) is 1.88. The molecule has 0 atom stereocenters. The molecule has 0 bridgehead atoms. The lowest BCUT2D eigenvalue weighted by atomic mass is 10.2. The van der Waals surface area contributed by atoms with Crippen molar-refractivity contribution in [3.8, 4) is 0 Å². The maximum Gasteiger partial charge on any atom is 0.165 e. The minimum Gasteiger partial charge on any atom is -0.364 e. The van der Waals surface area contributed by atoms with Gasteiger partial charge in [-0.2, -0.15) is 0 Å². The zero-order valence-corrected chi connectivity index (χ0v) is 12.8. The third-order valence-electron chi connectivity index (χ3n) is 4.05. The Balaban J connectivity index is 1.67. The van der Waals surface area contributed by atoms with E-state index in [2.05, 4.69) is 19.9 Å². The van der Waals surface area contributed by atoms with Crippen molar-refractivity contribution in [1.82, 2.24) is 19.5 Å². The smallest absolute Gasteiger partial charge is 0.165 e. The van der Waals surface area contributed by atoms with Crippen LogP contribution in [0.2, 0.25) is 5.02 Å². The summed E-state index contributed by atoms with van der Waals surface area (Å²) in [7, 11) is 0. The Morgan fingerprint density at radius 1 is 1.18 bits per heavy atom. The quantitative estimate of drug-likeness (QED) is 0.805. The van der Waals surface area contributed by atoms with E-state index in [0.717, 1.165) is 46.4 Å². The third kappa shape index (κ3) is 2.31. The summed E-state index contributed by atoms with van der Waals surface area (Å²) in [6.07, 6.45) is 4.99. The van der Waals surface area contributed by atoms with Gasteiger partial charge in [-0.1, -0.05) is 29.8 Å². The fourth-order valence-electron chi connectivity index (χ4n) is 2.91. The molecule has 1 N–H and O–H groups in total. The molecule has 0 saturated heterocycles. The molecule has 1 aliphatic rings. The van der Waals surface area contributed by atoms with Gasteiger partial charge in [0, 0.05) is 24.5 Å². The number of hydrogen-bond acceptors (Lipinski definition) is 4. The molecular weight excluding hydrogens is 298 g/mol. The fraction of sp³-hybridized carbons (Fsp3) is 0.312. The van der Waals surface area contributed by atoms with Gasteiger partial charge in [0.2, 0.25) is 0 Å². The second kappa shape index (κ2) is 5.57. The summed E-state index contributed by atoms with van der Waals surface area (Å²) in [6.45, 7) is 1.61. The number of nitrogens with zero attached hydrogens (tertiary/aromatic N) is 4. The van der Waals surface area contributed by atoms with Crippen LogP contribution in [0.3, 0.4) is 0 Å². The Bertz CT molecular complexity index is 827. The van der Waals surface area contributed by atoms with E-state index >= 15 is 0 Å². The Hall–Kier alpha value is -2.14. The number of hydrogen-bond donors (Lipinski definition) is 1. The first kappa shape index (κ1) is 13.5. The van der Waals surface area contributed by atoms with Gasteiger partial charge in [-0.15, -0.1) is 0 Å². The summed E-state index contributed by atoms with van der Waals surface area (Å²) in [4.78, 5) is 13.5. The zero-order valence-electron chi connectivity index (χ0n) is 12.1. The molecule has 0 amide bonds. The lowest BCUT2D eigenvalue weighted by molar-refractivity contribution is 0.530. The number of benzene rings is 1. The Labute approximate surface area is 133 Å². The second-order valence-electron chi connectivity index (χ2n) is 5.48. The zero-order chi connectivity index (χ0) is 14.9. The van der Waals surface area contributed by atoms with Crippen molar-refractivity contribution in [2.24, 2.45) is 0 Å². The average molecular weight is 314 g/mol. The van der Waals surface area contributed by atoms with Gasteiger partial charge in [0.25, 0.3) is 0 Å². The van der Waals surface area contributed by atoms with E-state index in [1.165, 1.54) is 12.8 Å². The molecule has 6 heteroatoms. The largest absolute Gasteiger partial charge is 0.364 e. The van der Waals surface area contributed by atoms with Crippen LogP contribution in [0.4, 0.5) is 5.82 Å². The summed E-state index contributed by atoms with van der Waals surface area (Å²) in [5.41, 5.74) is 2.82. The molecule has 1 aromatic carbocycles. The number of imidazole rings is 1. The number of aryl methyl sites for hydroxylation is 2. The summed E-state index contributed by atoms with van der Waals surface area (Å²) in [6, 6.07) is 7.81. The molecule has 3 aromatic rings. The Morgan fingerprint density at radius 2 is 2.09 bits per heavy atom. The first-order valence-corrected chi connectivity index (χ1v) is 7.88. The molecule has 1 aliphatic heterocycles. The number of anilines is 1. The normalized spacial score (nSPS) is 14.0. The molecule has 0 radical (unpaired) electrons. The summed E-state index contributed by atoms with van der Waals surface area (Å²) >= 11 is 6.20. The topological polar surface area (TPSA) is 55.6 Å². The molecule has 3 heterocycles. The van der Waals surface area contributed by atoms with Crippen molar-refractivity contribution in [3.63, 3.8) is 0 Å². The van der Waals surface area contributed by atoms with Gasteiger partial charge in [0.05, 0.1) is 0 Å². The van der Waals surface area contributed by atoms with E-state index < -0.39 is 0 Å². The van der Waals surface area contributed by atoms with Crippen molar-refractivity contribution in [3.05, 3.63) is 47.0 Å². The van der Waals surface area contributed by atoms with Gasteiger partial charge in [0.1, 0.15) is 12.2 Å². The van der Waals surface area contributed by atoms with Crippen LogP contribution in [-0.4, -0.2) is 19.5 Å². The molecule has 2 aromatic heterocycles. The molecule has 0 fully saturated rings. The number of fused-ring (bicyclic) bond motifs is 3. The van der Waals surface area contributed by atoms with Crippen molar-refractivity contribution in [2.75, 3.05) is 5.32 Å². The van der Waals surface area contributed by atoms with E-state index in [1.807, 2.05) is 24.3 Å². The van der Waals surface area contributed by atoms with E-state index in [1.54, 1.807) is 6.33 Å². The first-order chi connectivity index (χ1) is 10.8. The molecular formula is C16H16ClN5. The van der Waals surface area contributed by atoms with Crippen LogP contribution >= 0.6 is 11.6 Å². The molecule has 5 nitrogen and oxygen atoms in total. The van der Waals surface area contributed by atoms with Crippen LogP contribution in [0.15, 0.2) is 30.6 Å². The lowest BCUT2D eigenvalue weighted by Crippen LogP contribution is -2.10. The van der Waals surface area contributed by atoms with Crippen molar-refractivity contribution < 1.29 is 0 Å². The third-order valence-corrected chi connectivity index (χ3v) is 4.42. The van der Waals surface area contributed by atoms with E-state index in [4.69, 9.17) is 16.6 Å². The highest BCUT2D eigenvalue weighted by Crippen LogP contribution is 2.25. The number of halogens is 1. The SMILES string of the molecule is Clc1ccccc1CNc1ncnc2c1nc1n2CCCC1. The van der Waals surface area contributed by atoms with Crippen LogP contribution < -0.4 is 5.32 Å². The highest BCUT2D eigenvalue weighted by Gasteiger charge is 2.18. The molecule has 22 heavy (non-hydrogen) atoms. The standard InChI is InChI=1S/C16H16ClN5/c17-12-6-2-1-5-11(12)9-18-15-14-16(20-10-19-15)22-8-4-3-7-13(22)21-14/h1-2,5-6,10H,3-4,7-9H2,(H,18,19,20). The van der Waals surface area contributed by atoms with Crippen LogP contribution in [0.25, 0.3) is 11.2 Å². The summed E-state index contributed by atoms with van der Waals surface area (Å²) < 4.78 is 2.21. The van der Waals surface area contributed by atoms with Gasteiger partial charge in [0.15, 0.2) is 17.0 Å². The van der Waals surface area contributed by atoms with E-state index in [-0.39, 0.29) is 0 Å². The predicted octanol–water partition coefficient (Wildman–Crippen LogP) is 3.43. The highest BCUT2D eigenvalue weighted by molar-refractivity contribution is 6.31. The molecule has 0 saturated carbocycles. The minimum atomic E-state index is 0.619. The van der Waals surface area contributed by atoms with Crippen LogP contribution in [0.1, 0.15) is 24.2 Å². The molecule has 0 unspecified atom stereocenters. The lowest BCUT2D eigenvalue weighted by Gasteiger charge is -2.13. The van der Waals surface area contributed by atoms with Gasteiger partial charge < -0.3 is 9.88 Å². The van der Waals surface area contributed by atoms with Gasteiger partial charge >= 0.3 is 0 Å². The number of aromatic nitrogens is 4. The van der Waals surface area contributed by atoms with Crippen LogP contribution in [0, 0.1) is 0 Å². The maximum atomic E-state index is 6.20. The Morgan fingerprint density at radius 3 is 3.00 bits per heavy atom. The van der Waals surface area contributed by atoms with Gasteiger partial charge in [-0.05, 0) is 24.5 Å². The van der Waals surface area contributed by atoms with Crippen molar-refractivity contribution >= 4 is 28.6 Å². The molecule has 0 spiro atoms. The van der Waals surface area contributed by atoms with Crippen molar-refractivity contribution in [2.45, 2.75) is 32.4 Å². The van der Waals surface area contributed by atoms with E-state index in [9.17, 15) is 0 Å². The molecule has 112 valence electrons. The maximum absolute atomic E-state index is 6.20. The number of nitrogens with one attached hydrogen (secondary N) is 1.